The molecule has 4 nitrogen and oxygen atoms in total. The fourth-order valence-electron chi connectivity index (χ4n) is 3.42. The van der Waals surface area contributed by atoms with Crippen LogP contribution >= 0.6 is 23.4 Å². The molecular weight excluding hydrogens is 348 g/mol. The maximum absolute atomic E-state index is 11.2. The van der Waals surface area contributed by atoms with Gasteiger partial charge < -0.3 is 14.2 Å². The zero-order valence-electron chi connectivity index (χ0n) is 14.5. The highest BCUT2D eigenvalue weighted by Crippen LogP contribution is 2.48. The number of carbonyl (C=O) groups excluding carboxylic acids is 1. The van der Waals surface area contributed by atoms with E-state index in [9.17, 15) is 4.79 Å². The minimum absolute atomic E-state index is 0.290. The summed E-state index contributed by atoms with van der Waals surface area (Å²) in [5.41, 5.74) is 1.12. The normalized spacial score (nSPS) is 21.0. The van der Waals surface area contributed by atoms with E-state index in [2.05, 4.69) is 6.07 Å². The number of carbonyl (C=O) groups is 1. The van der Waals surface area contributed by atoms with Crippen molar-refractivity contribution in [2.75, 3.05) is 27.1 Å². The lowest BCUT2D eigenvalue weighted by Gasteiger charge is -2.27. The molecule has 0 spiro atoms. The number of hydrogen-bond acceptors (Lipinski definition) is 5. The van der Waals surface area contributed by atoms with Crippen molar-refractivity contribution >= 4 is 28.6 Å². The van der Waals surface area contributed by atoms with Crippen LogP contribution in [-0.4, -0.2) is 37.6 Å². The third-order valence-electron chi connectivity index (χ3n) is 4.50. The quantitative estimate of drug-likeness (QED) is 0.516. The Balaban J connectivity index is 2.39. The molecule has 0 amide bonds. The van der Waals surface area contributed by atoms with Crippen molar-refractivity contribution in [3.63, 3.8) is 0 Å². The fourth-order valence-corrected chi connectivity index (χ4v) is 4.80. The van der Waals surface area contributed by atoms with Gasteiger partial charge in [0, 0.05) is 10.8 Å². The summed E-state index contributed by atoms with van der Waals surface area (Å²) >= 11 is 7.21. The van der Waals surface area contributed by atoms with Crippen molar-refractivity contribution < 1.29 is 19.0 Å². The first kappa shape index (κ1) is 19.3. The van der Waals surface area contributed by atoms with Crippen LogP contribution in [0.1, 0.15) is 43.6 Å². The van der Waals surface area contributed by atoms with E-state index >= 15 is 0 Å². The van der Waals surface area contributed by atoms with Crippen LogP contribution in [0.4, 0.5) is 0 Å². The number of thioether (sulfide) groups is 1. The lowest BCUT2D eigenvalue weighted by Crippen LogP contribution is -2.17. The van der Waals surface area contributed by atoms with E-state index in [4.69, 9.17) is 25.8 Å². The van der Waals surface area contributed by atoms with Gasteiger partial charge in [-0.15, -0.1) is 11.8 Å². The van der Waals surface area contributed by atoms with Gasteiger partial charge in [-0.05, 0) is 36.4 Å². The van der Waals surface area contributed by atoms with E-state index < -0.39 is 0 Å². The number of benzene rings is 1. The van der Waals surface area contributed by atoms with E-state index in [-0.39, 0.29) is 5.24 Å². The molecule has 1 aromatic carbocycles. The number of rotatable bonds is 7. The fraction of sp³-hybridized carbons (Fsp3) is 0.611. The van der Waals surface area contributed by atoms with Crippen LogP contribution < -0.4 is 14.2 Å². The number of methoxy groups -OCH3 is 3. The summed E-state index contributed by atoms with van der Waals surface area (Å²) in [7, 11) is 4.89. The van der Waals surface area contributed by atoms with Gasteiger partial charge in [-0.3, -0.25) is 4.79 Å². The van der Waals surface area contributed by atoms with E-state index in [1.165, 1.54) is 19.3 Å². The average Bonchev–Trinajstić information content (AvgIpc) is 2.83. The maximum Gasteiger partial charge on any atom is 0.231 e. The molecule has 0 radical (unpaired) electrons. The Morgan fingerprint density at radius 2 is 1.79 bits per heavy atom. The van der Waals surface area contributed by atoms with Crippen LogP contribution in [0.25, 0.3) is 0 Å². The smallest absolute Gasteiger partial charge is 0.231 e. The zero-order valence-corrected chi connectivity index (χ0v) is 16.0. The van der Waals surface area contributed by atoms with Crippen LogP contribution in [0, 0.1) is 0 Å². The van der Waals surface area contributed by atoms with Gasteiger partial charge in [-0.2, -0.15) is 0 Å². The molecule has 0 saturated heterocycles. The molecule has 1 aliphatic carbocycles. The summed E-state index contributed by atoms with van der Waals surface area (Å²) in [5, 5.41) is 0.0597. The Hall–Kier alpha value is -1.07. The van der Waals surface area contributed by atoms with Gasteiger partial charge in [0.05, 0.1) is 27.1 Å². The first-order chi connectivity index (χ1) is 11.6. The Kier molecular flexibility index (Phi) is 7.56. The van der Waals surface area contributed by atoms with Gasteiger partial charge in [0.25, 0.3) is 0 Å². The number of halogens is 1. The molecule has 0 aliphatic heterocycles. The summed E-state index contributed by atoms with van der Waals surface area (Å²) < 4.78 is 16.6. The zero-order chi connectivity index (χ0) is 17.5. The number of hydrogen-bond donors (Lipinski definition) is 0. The third-order valence-corrected chi connectivity index (χ3v) is 6.21. The van der Waals surface area contributed by atoms with Crippen molar-refractivity contribution in [3.8, 4) is 17.2 Å². The molecule has 0 N–H and O–H groups in total. The summed E-state index contributed by atoms with van der Waals surface area (Å²) in [5.74, 6) is 2.67. The van der Waals surface area contributed by atoms with Crippen molar-refractivity contribution in [3.05, 3.63) is 17.7 Å². The number of ether oxygens (including phenoxy) is 3. The second kappa shape index (κ2) is 9.42. The second-order valence-corrected chi connectivity index (χ2v) is 7.52. The molecule has 1 saturated carbocycles. The lowest BCUT2D eigenvalue weighted by molar-refractivity contribution is -0.109. The van der Waals surface area contributed by atoms with Crippen LogP contribution in [0.5, 0.6) is 17.2 Å². The van der Waals surface area contributed by atoms with Gasteiger partial charge in [0.1, 0.15) is 0 Å². The van der Waals surface area contributed by atoms with Crippen molar-refractivity contribution in [2.45, 2.75) is 43.3 Å². The Bertz CT molecular complexity index is 564. The van der Waals surface area contributed by atoms with Gasteiger partial charge >= 0.3 is 0 Å². The highest BCUT2D eigenvalue weighted by molar-refractivity contribution is 8.00. The standard InChI is InChI=1S/C18H25ClO4S/c1-21-14-10-9-13(17(22-2)18(14)23-3)12-7-5-4-6-8-15(12)24-11-16(19)20/h9-10,12,15H,4-8,11H2,1-3H3/t12-,15+/m1/s1. The molecule has 1 aromatic rings. The molecule has 1 fully saturated rings. The lowest BCUT2D eigenvalue weighted by atomic mass is 9.90. The average molecular weight is 373 g/mol. The molecule has 134 valence electrons. The van der Waals surface area contributed by atoms with Crippen LogP contribution in [0.3, 0.4) is 0 Å². The highest BCUT2D eigenvalue weighted by atomic mass is 35.5. The summed E-state index contributed by atoms with van der Waals surface area (Å²) in [6, 6.07) is 3.99. The molecule has 0 bridgehead atoms. The molecule has 2 atom stereocenters. The molecule has 6 heteroatoms. The van der Waals surface area contributed by atoms with Crippen LogP contribution in [0.15, 0.2) is 12.1 Å². The van der Waals surface area contributed by atoms with Crippen LogP contribution in [-0.2, 0) is 4.79 Å². The predicted molar refractivity (Wildman–Crippen MR) is 99.0 cm³/mol. The molecule has 2 rings (SSSR count). The maximum atomic E-state index is 11.2. The van der Waals surface area contributed by atoms with E-state index in [0.29, 0.717) is 28.4 Å². The Morgan fingerprint density at radius 1 is 1.08 bits per heavy atom. The van der Waals surface area contributed by atoms with Gasteiger partial charge in [-0.1, -0.05) is 25.3 Å². The monoisotopic (exact) mass is 372 g/mol. The topological polar surface area (TPSA) is 44.8 Å². The largest absolute Gasteiger partial charge is 0.493 e. The SMILES string of the molecule is COc1ccc([C@H]2CCCCC[C@@H]2SCC(=O)Cl)c(OC)c1OC. The first-order valence-corrected chi connectivity index (χ1v) is 9.63. The Morgan fingerprint density at radius 3 is 2.42 bits per heavy atom. The highest BCUT2D eigenvalue weighted by Gasteiger charge is 2.30. The first-order valence-electron chi connectivity index (χ1n) is 8.21. The molecule has 24 heavy (non-hydrogen) atoms. The molecule has 0 aromatic heterocycles. The third kappa shape index (κ3) is 4.51. The minimum atomic E-state index is -0.290. The molecule has 1 aliphatic rings. The van der Waals surface area contributed by atoms with E-state index in [0.717, 1.165) is 24.2 Å². The van der Waals surface area contributed by atoms with E-state index in [1.54, 1.807) is 33.1 Å². The summed E-state index contributed by atoms with van der Waals surface area (Å²) in [6.07, 6.45) is 5.73. The van der Waals surface area contributed by atoms with Gasteiger partial charge in [0.2, 0.25) is 11.0 Å². The second-order valence-electron chi connectivity index (χ2n) is 5.87. The van der Waals surface area contributed by atoms with Crippen molar-refractivity contribution in [2.24, 2.45) is 0 Å². The summed E-state index contributed by atoms with van der Waals surface area (Å²) in [4.78, 5) is 11.2. The predicted octanol–water partition coefficient (Wildman–Crippen LogP) is 4.63. The molecule has 0 heterocycles. The molecule has 0 unspecified atom stereocenters. The van der Waals surface area contributed by atoms with Crippen molar-refractivity contribution in [1.82, 2.24) is 0 Å². The van der Waals surface area contributed by atoms with Crippen LogP contribution in [0.2, 0.25) is 0 Å². The minimum Gasteiger partial charge on any atom is -0.493 e. The summed E-state index contributed by atoms with van der Waals surface area (Å²) in [6.45, 7) is 0. The van der Waals surface area contributed by atoms with Gasteiger partial charge in [-0.25, -0.2) is 0 Å². The Labute approximate surface area is 153 Å². The molecular formula is C18H25ClO4S. The van der Waals surface area contributed by atoms with E-state index in [1.807, 2.05) is 6.07 Å². The van der Waals surface area contributed by atoms with Crippen molar-refractivity contribution in [1.29, 1.82) is 0 Å². The van der Waals surface area contributed by atoms with Gasteiger partial charge in [0.15, 0.2) is 11.5 Å².